The van der Waals surface area contributed by atoms with Crippen molar-refractivity contribution in [1.82, 2.24) is 5.32 Å². The molecule has 0 spiro atoms. The van der Waals surface area contributed by atoms with E-state index in [1.165, 1.54) is 6.07 Å². The molecule has 6 nitrogen and oxygen atoms in total. The van der Waals surface area contributed by atoms with E-state index in [9.17, 15) is 9.59 Å². The van der Waals surface area contributed by atoms with Crippen molar-refractivity contribution in [3.8, 4) is 0 Å². The highest BCUT2D eigenvalue weighted by atomic mass is 16.4. The van der Waals surface area contributed by atoms with Gasteiger partial charge in [-0.3, -0.25) is 4.79 Å². The van der Waals surface area contributed by atoms with Crippen molar-refractivity contribution < 1.29 is 19.1 Å². The summed E-state index contributed by atoms with van der Waals surface area (Å²) in [5, 5.41) is 11.6. The third kappa shape index (κ3) is 3.39. The Labute approximate surface area is 117 Å². The van der Waals surface area contributed by atoms with Gasteiger partial charge in [-0.05, 0) is 37.4 Å². The Morgan fingerprint density at radius 2 is 2.10 bits per heavy atom. The lowest BCUT2D eigenvalue weighted by Crippen LogP contribution is -2.39. The van der Waals surface area contributed by atoms with Crippen LogP contribution in [0.2, 0.25) is 0 Å². The molecule has 0 radical (unpaired) electrons. The van der Waals surface area contributed by atoms with Crippen LogP contribution in [0.1, 0.15) is 42.0 Å². The Kier molecular flexibility index (Phi) is 4.79. The molecule has 0 bridgehead atoms. The molecule has 1 fully saturated rings. The standard InChI is InChI=1S/C14H20N2O4/c15-7-9-3-1-2-4-11(9)13(17)16-8-10-5-6-12(20-10)14(18)19/h5-6,9,11H,1-4,7-8,15H2,(H,16,17)(H,18,19). The van der Waals surface area contributed by atoms with Crippen LogP contribution < -0.4 is 11.1 Å². The normalized spacial score (nSPS) is 22.4. The molecule has 2 atom stereocenters. The van der Waals surface area contributed by atoms with Gasteiger partial charge in [0.2, 0.25) is 11.7 Å². The summed E-state index contributed by atoms with van der Waals surface area (Å²) in [6.45, 7) is 0.738. The number of nitrogens with one attached hydrogen (secondary N) is 1. The van der Waals surface area contributed by atoms with Gasteiger partial charge in [0.25, 0.3) is 0 Å². The highest BCUT2D eigenvalue weighted by molar-refractivity contribution is 5.84. The Balaban J connectivity index is 1.88. The van der Waals surface area contributed by atoms with E-state index in [1.54, 1.807) is 6.07 Å². The van der Waals surface area contributed by atoms with Gasteiger partial charge in [-0.1, -0.05) is 12.8 Å². The molecule has 2 rings (SSSR count). The van der Waals surface area contributed by atoms with Crippen LogP contribution in [0.3, 0.4) is 0 Å². The zero-order valence-electron chi connectivity index (χ0n) is 11.3. The molecule has 2 unspecified atom stereocenters. The molecule has 1 aliphatic carbocycles. The van der Waals surface area contributed by atoms with Crippen molar-refractivity contribution in [2.75, 3.05) is 6.54 Å². The second-order valence-corrected chi connectivity index (χ2v) is 5.18. The molecule has 1 aliphatic rings. The fourth-order valence-corrected chi connectivity index (χ4v) is 2.73. The van der Waals surface area contributed by atoms with Crippen molar-refractivity contribution in [2.45, 2.75) is 32.2 Å². The van der Waals surface area contributed by atoms with Gasteiger partial charge in [0.05, 0.1) is 6.54 Å². The van der Waals surface area contributed by atoms with Gasteiger partial charge in [0.1, 0.15) is 5.76 Å². The van der Waals surface area contributed by atoms with Crippen LogP contribution in [0.4, 0.5) is 0 Å². The smallest absolute Gasteiger partial charge is 0.371 e. The number of aromatic carboxylic acids is 1. The number of rotatable bonds is 5. The maximum Gasteiger partial charge on any atom is 0.371 e. The van der Waals surface area contributed by atoms with Crippen molar-refractivity contribution in [3.63, 3.8) is 0 Å². The Morgan fingerprint density at radius 3 is 2.75 bits per heavy atom. The number of carbonyl (C=O) groups is 2. The number of hydrogen-bond acceptors (Lipinski definition) is 4. The summed E-state index contributed by atoms with van der Waals surface area (Å²) >= 11 is 0. The Hall–Kier alpha value is -1.82. The third-order valence-electron chi connectivity index (χ3n) is 3.86. The molecule has 0 aromatic carbocycles. The number of furan rings is 1. The maximum absolute atomic E-state index is 12.2. The SMILES string of the molecule is NCC1CCCCC1C(=O)NCc1ccc(C(=O)O)o1. The van der Waals surface area contributed by atoms with E-state index in [0.29, 0.717) is 12.3 Å². The first-order chi connectivity index (χ1) is 9.61. The predicted octanol–water partition coefficient (Wildman–Crippen LogP) is 1.36. The van der Waals surface area contributed by atoms with E-state index in [1.807, 2.05) is 0 Å². The molecule has 110 valence electrons. The second kappa shape index (κ2) is 6.56. The molecule has 1 saturated carbocycles. The van der Waals surface area contributed by atoms with Crippen LogP contribution in [-0.2, 0) is 11.3 Å². The minimum Gasteiger partial charge on any atom is -0.475 e. The van der Waals surface area contributed by atoms with E-state index in [-0.39, 0.29) is 30.0 Å². The van der Waals surface area contributed by atoms with Crippen LogP contribution in [0, 0.1) is 11.8 Å². The molecule has 0 aliphatic heterocycles. The van der Waals surface area contributed by atoms with Crippen molar-refractivity contribution >= 4 is 11.9 Å². The molecule has 0 saturated heterocycles. The van der Waals surface area contributed by atoms with Crippen LogP contribution >= 0.6 is 0 Å². The Morgan fingerprint density at radius 1 is 1.35 bits per heavy atom. The maximum atomic E-state index is 12.2. The van der Waals surface area contributed by atoms with Gasteiger partial charge in [0, 0.05) is 5.92 Å². The highest BCUT2D eigenvalue weighted by Gasteiger charge is 2.29. The van der Waals surface area contributed by atoms with E-state index < -0.39 is 5.97 Å². The summed E-state index contributed by atoms with van der Waals surface area (Å²) in [5.41, 5.74) is 5.71. The monoisotopic (exact) mass is 280 g/mol. The fraction of sp³-hybridized carbons (Fsp3) is 0.571. The second-order valence-electron chi connectivity index (χ2n) is 5.18. The van der Waals surface area contributed by atoms with Gasteiger partial charge < -0.3 is 20.6 Å². The minimum atomic E-state index is -1.11. The lowest BCUT2D eigenvalue weighted by Gasteiger charge is -2.29. The molecule has 4 N–H and O–H groups in total. The van der Waals surface area contributed by atoms with Gasteiger partial charge in [-0.2, -0.15) is 0 Å². The van der Waals surface area contributed by atoms with Gasteiger partial charge in [-0.25, -0.2) is 4.79 Å². The summed E-state index contributed by atoms with van der Waals surface area (Å²) in [6.07, 6.45) is 4.05. The molecule has 20 heavy (non-hydrogen) atoms. The quantitative estimate of drug-likeness (QED) is 0.755. The van der Waals surface area contributed by atoms with Crippen LogP contribution in [0.25, 0.3) is 0 Å². The fourth-order valence-electron chi connectivity index (χ4n) is 2.73. The highest BCUT2D eigenvalue weighted by Crippen LogP contribution is 2.29. The Bertz CT molecular complexity index is 483. The molecule has 6 heteroatoms. The summed E-state index contributed by atoms with van der Waals surface area (Å²) in [4.78, 5) is 22.8. The lowest BCUT2D eigenvalue weighted by atomic mass is 9.79. The minimum absolute atomic E-state index is 0.0200. The topological polar surface area (TPSA) is 106 Å². The number of carboxylic acid groups (broad SMARTS) is 1. The van der Waals surface area contributed by atoms with Gasteiger partial charge >= 0.3 is 5.97 Å². The summed E-state index contributed by atoms with van der Waals surface area (Å²) in [7, 11) is 0. The van der Waals surface area contributed by atoms with E-state index in [0.717, 1.165) is 25.7 Å². The van der Waals surface area contributed by atoms with Crippen LogP contribution in [0.5, 0.6) is 0 Å². The van der Waals surface area contributed by atoms with Crippen molar-refractivity contribution in [2.24, 2.45) is 17.6 Å². The third-order valence-corrected chi connectivity index (χ3v) is 3.86. The largest absolute Gasteiger partial charge is 0.475 e. The molecule has 1 aromatic heterocycles. The molecule has 1 amide bonds. The molecular weight excluding hydrogens is 260 g/mol. The molecular formula is C14H20N2O4. The van der Waals surface area contributed by atoms with E-state index in [4.69, 9.17) is 15.3 Å². The van der Waals surface area contributed by atoms with Crippen LogP contribution in [0.15, 0.2) is 16.5 Å². The molecule has 1 heterocycles. The van der Waals surface area contributed by atoms with E-state index in [2.05, 4.69) is 5.32 Å². The first-order valence-corrected chi connectivity index (χ1v) is 6.91. The van der Waals surface area contributed by atoms with Gasteiger partial charge in [0.15, 0.2) is 0 Å². The number of carboxylic acids is 1. The predicted molar refractivity (Wildman–Crippen MR) is 72.0 cm³/mol. The zero-order chi connectivity index (χ0) is 14.5. The van der Waals surface area contributed by atoms with E-state index >= 15 is 0 Å². The zero-order valence-corrected chi connectivity index (χ0v) is 11.3. The first-order valence-electron chi connectivity index (χ1n) is 6.91. The lowest BCUT2D eigenvalue weighted by molar-refractivity contribution is -0.127. The average molecular weight is 280 g/mol. The summed E-state index contributed by atoms with van der Waals surface area (Å²) < 4.78 is 5.10. The van der Waals surface area contributed by atoms with Crippen LogP contribution in [-0.4, -0.2) is 23.5 Å². The first kappa shape index (κ1) is 14.6. The van der Waals surface area contributed by atoms with Crippen molar-refractivity contribution in [3.05, 3.63) is 23.7 Å². The van der Waals surface area contributed by atoms with Gasteiger partial charge in [-0.15, -0.1) is 0 Å². The average Bonchev–Trinajstić information content (AvgIpc) is 2.94. The number of nitrogens with two attached hydrogens (primary N) is 1. The summed E-state index contributed by atoms with van der Waals surface area (Å²) in [5.74, 6) is -0.605. The number of hydrogen-bond donors (Lipinski definition) is 3. The molecule has 1 aromatic rings. The summed E-state index contributed by atoms with van der Waals surface area (Å²) in [6, 6.07) is 2.94. The number of carbonyl (C=O) groups excluding carboxylic acids is 1. The number of amides is 1. The van der Waals surface area contributed by atoms with Crippen molar-refractivity contribution in [1.29, 1.82) is 0 Å².